The number of nitrogens with one attached hydrogen (secondary N) is 2. The van der Waals surface area contributed by atoms with Crippen LogP contribution in [0.15, 0.2) is 45.3 Å². The lowest BCUT2D eigenvalue weighted by Crippen LogP contribution is -2.20. The third-order valence-electron chi connectivity index (χ3n) is 2.86. The first kappa shape index (κ1) is 16.8. The van der Waals surface area contributed by atoms with Crippen LogP contribution in [0.2, 0.25) is 0 Å². The summed E-state index contributed by atoms with van der Waals surface area (Å²) in [5, 5.41) is 14.7. The number of benzene rings is 2. The molecule has 2 aromatic carbocycles. The van der Waals surface area contributed by atoms with Crippen molar-refractivity contribution in [3.63, 3.8) is 0 Å². The van der Waals surface area contributed by atoms with E-state index in [1.165, 1.54) is 0 Å². The molecule has 0 saturated carbocycles. The van der Waals surface area contributed by atoms with Crippen molar-refractivity contribution < 1.29 is 14.6 Å². The van der Waals surface area contributed by atoms with E-state index in [1.807, 2.05) is 0 Å². The molecule has 7 heteroatoms. The highest BCUT2D eigenvalue weighted by Crippen LogP contribution is 2.25. The zero-order valence-electron chi connectivity index (χ0n) is 11.7. The Morgan fingerprint density at radius 1 is 1.14 bits per heavy atom. The molecule has 0 spiro atoms. The number of ether oxygens (including phenoxy) is 1. The number of aliphatic hydroxyl groups is 1. The summed E-state index contributed by atoms with van der Waals surface area (Å²) in [6.07, 6.45) is 0. The third-order valence-corrected chi connectivity index (χ3v) is 3.81. The van der Waals surface area contributed by atoms with E-state index >= 15 is 0 Å². The fraction of sp³-hybridized carbons (Fsp3) is 0.133. The van der Waals surface area contributed by atoms with Crippen molar-refractivity contribution in [1.29, 1.82) is 0 Å². The Labute approximate surface area is 144 Å². The van der Waals surface area contributed by atoms with Crippen LogP contribution in [0.25, 0.3) is 0 Å². The number of aliphatic hydroxyl groups excluding tert-OH is 1. The van der Waals surface area contributed by atoms with Gasteiger partial charge in [0.2, 0.25) is 0 Å². The summed E-state index contributed by atoms with van der Waals surface area (Å²) in [7, 11) is 1.56. The van der Waals surface area contributed by atoms with Crippen molar-refractivity contribution in [1.82, 2.24) is 0 Å². The number of halogens is 2. The summed E-state index contributed by atoms with van der Waals surface area (Å²) in [5.74, 6) is 0.628. The molecule has 2 amide bonds. The van der Waals surface area contributed by atoms with Gasteiger partial charge in [0.15, 0.2) is 0 Å². The molecule has 0 aliphatic rings. The number of hydrogen-bond donors (Lipinski definition) is 3. The number of carbonyl (C=O) groups excluding carboxylic acids is 1. The van der Waals surface area contributed by atoms with Gasteiger partial charge in [0.25, 0.3) is 0 Å². The van der Waals surface area contributed by atoms with Gasteiger partial charge in [-0.1, -0.05) is 37.9 Å². The lowest BCUT2D eigenvalue weighted by atomic mass is 10.2. The standard InChI is InChI=1S/C15H14Br2N2O3/c1-22-13-5-11(17)4-12(7-13)18-15(21)19-14-6-10(16)3-2-9(14)8-20/h2-7,20H,8H2,1H3,(H2,18,19,21). The highest BCUT2D eigenvalue weighted by Gasteiger charge is 2.08. The summed E-state index contributed by atoms with van der Waals surface area (Å²) < 4.78 is 6.75. The minimum absolute atomic E-state index is 0.159. The molecule has 3 N–H and O–H groups in total. The first-order chi connectivity index (χ1) is 10.5. The molecule has 116 valence electrons. The van der Waals surface area contributed by atoms with Crippen LogP contribution < -0.4 is 15.4 Å². The summed E-state index contributed by atoms with van der Waals surface area (Å²) in [4.78, 5) is 12.1. The van der Waals surface area contributed by atoms with Crippen molar-refractivity contribution >= 4 is 49.3 Å². The molecule has 0 aliphatic heterocycles. The SMILES string of the molecule is COc1cc(Br)cc(NC(=O)Nc2cc(Br)ccc2CO)c1. The molecule has 5 nitrogen and oxygen atoms in total. The summed E-state index contributed by atoms with van der Waals surface area (Å²) in [6, 6.07) is 10.1. The molecule has 2 aromatic rings. The second-order valence-electron chi connectivity index (χ2n) is 4.42. The van der Waals surface area contributed by atoms with Gasteiger partial charge in [-0.3, -0.25) is 0 Å². The fourth-order valence-electron chi connectivity index (χ4n) is 1.84. The summed E-state index contributed by atoms with van der Waals surface area (Å²) >= 11 is 6.69. The van der Waals surface area contributed by atoms with E-state index in [4.69, 9.17) is 4.74 Å². The van der Waals surface area contributed by atoms with Gasteiger partial charge in [0.05, 0.1) is 13.7 Å². The molecule has 0 bridgehead atoms. The maximum atomic E-state index is 12.1. The predicted octanol–water partition coefficient (Wildman–Crippen LogP) is 4.36. The molecule has 0 unspecified atom stereocenters. The van der Waals surface area contributed by atoms with Gasteiger partial charge in [-0.05, 0) is 24.3 Å². The highest BCUT2D eigenvalue weighted by molar-refractivity contribution is 9.10. The highest BCUT2D eigenvalue weighted by atomic mass is 79.9. The minimum Gasteiger partial charge on any atom is -0.497 e. The van der Waals surface area contributed by atoms with Gasteiger partial charge in [-0.2, -0.15) is 0 Å². The second-order valence-corrected chi connectivity index (χ2v) is 6.25. The van der Waals surface area contributed by atoms with Crippen molar-refractivity contribution in [2.45, 2.75) is 6.61 Å². The number of hydrogen-bond acceptors (Lipinski definition) is 3. The largest absolute Gasteiger partial charge is 0.497 e. The molecule has 0 fully saturated rings. The summed E-state index contributed by atoms with van der Waals surface area (Å²) in [5.41, 5.74) is 1.76. The van der Waals surface area contributed by atoms with Crippen molar-refractivity contribution in [3.8, 4) is 5.75 Å². The van der Waals surface area contributed by atoms with Gasteiger partial charge < -0.3 is 20.5 Å². The Kier molecular flexibility index (Phi) is 5.82. The molecular weight excluding hydrogens is 416 g/mol. The number of urea groups is 1. The summed E-state index contributed by atoms with van der Waals surface area (Å²) in [6.45, 7) is -0.159. The van der Waals surface area contributed by atoms with E-state index in [9.17, 15) is 9.90 Å². The fourth-order valence-corrected chi connectivity index (χ4v) is 2.67. The molecule has 0 saturated heterocycles. The van der Waals surface area contributed by atoms with Gasteiger partial charge in [-0.15, -0.1) is 0 Å². The number of anilines is 2. The van der Waals surface area contributed by atoms with E-state index in [1.54, 1.807) is 43.5 Å². The average molecular weight is 430 g/mol. The van der Waals surface area contributed by atoms with Crippen LogP contribution in [-0.2, 0) is 6.61 Å². The first-order valence-electron chi connectivity index (χ1n) is 6.33. The third kappa shape index (κ3) is 4.46. The van der Waals surface area contributed by atoms with E-state index < -0.39 is 6.03 Å². The zero-order chi connectivity index (χ0) is 16.1. The smallest absolute Gasteiger partial charge is 0.323 e. The number of rotatable bonds is 4. The van der Waals surface area contributed by atoms with Crippen LogP contribution in [-0.4, -0.2) is 18.2 Å². The number of methoxy groups -OCH3 is 1. The van der Waals surface area contributed by atoms with Crippen molar-refractivity contribution in [2.75, 3.05) is 17.7 Å². The Morgan fingerprint density at radius 3 is 2.59 bits per heavy atom. The lowest BCUT2D eigenvalue weighted by Gasteiger charge is -2.12. The van der Waals surface area contributed by atoms with Gasteiger partial charge in [-0.25, -0.2) is 4.79 Å². The van der Waals surface area contributed by atoms with Gasteiger partial charge in [0.1, 0.15) is 5.75 Å². The normalized spacial score (nSPS) is 10.2. The second kappa shape index (κ2) is 7.62. The Bertz CT molecular complexity index is 692. The quantitative estimate of drug-likeness (QED) is 0.676. The monoisotopic (exact) mass is 428 g/mol. The van der Waals surface area contributed by atoms with Crippen LogP contribution >= 0.6 is 31.9 Å². The Hall–Kier alpha value is -1.57. The van der Waals surface area contributed by atoms with Crippen LogP contribution in [0.4, 0.5) is 16.2 Å². The maximum absolute atomic E-state index is 12.1. The zero-order valence-corrected chi connectivity index (χ0v) is 14.9. The van der Waals surface area contributed by atoms with Crippen molar-refractivity contribution in [3.05, 3.63) is 50.9 Å². The van der Waals surface area contributed by atoms with Crippen molar-refractivity contribution in [2.24, 2.45) is 0 Å². The average Bonchev–Trinajstić information content (AvgIpc) is 2.46. The molecule has 2 rings (SSSR count). The van der Waals surface area contributed by atoms with Crippen LogP contribution in [0.3, 0.4) is 0 Å². The van der Waals surface area contributed by atoms with E-state index in [-0.39, 0.29) is 6.61 Å². The van der Waals surface area contributed by atoms with E-state index in [0.29, 0.717) is 22.7 Å². The Morgan fingerprint density at radius 2 is 1.91 bits per heavy atom. The van der Waals surface area contributed by atoms with E-state index in [2.05, 4.69) is 42.5 Å². The van der Waals surface area contributed by atoms with Gasteiger partial charge in [0, 0.05) is 32.0 Å². The van der Waals surface area contributed by atoms with Gasteiger partial charge >= 0.3 is 6.03 Å². The molecule has 0 atom stereocenters. The molecule has 22 heavy (non-hydrogen) atoms. The Balaban J connectivity index is 2.13. The van der Waals surface area contributed by atoms with Crippen LogP contribution in [0.5, 0.6) is 5.75 Å². The van der Waals surface area contributed by atoms with Crippen LogP contribution in [0, 0.1) is 0 Å². The van der Waals surface area contributed by atoms with Crippen LogP contribution in [0.1, 0.15) is 5.56 Å². The minimum atomic E-state index is -0.409. The topological polar surface area (TPSA) is 70.6 Å². The predicted molar refractivity (Wildman–Crippen MR) is 93.4 cm³/mol. The number of carbonyl (C=O) groups is 1. The molecule has 0 radical (unpaired) electrons. The maximum Gasteiger partial charge on any atom is 0.323 e. The first-order valence-corrected chi connectivity index (χ1v) is 7.92. The lowest BCUT2D eigenvalue weighted by molar-refractivity contribution is 0.262. The number of amides is 2. The van der Waals surface area contributed by atoms with E-state index in [0.717, 1.165) is 8.95 Å². The molecule has 0 aliphatic carbocycles. The molecule has 0 aromatic heterocycles. The molecular formula is C15H14Br2N2O3. The molecule has 0 heterocycles.